The van der Waals surface area contributed by atoms with Gasteiger partial charge in [0.25, 0.3) is 5.56 Å². The molecule has 6 heteroatoms. The van der Waals surface area contributed by atoms with Gasteiger partial charge in [0.2, 0.25) is 5.95 Å². The third-order valence-electron chi connectivity index (χ3n) is 3.86. The summed E-state index contributed by atoms with van der Waals surface area (Å²) in [6.45, 7) is 2.42. The van der Waals surface area contributed by atoms with Crippen molar-refractivity contribution < 1.29 is 9.90 Å². The molecule has 1 aliphatic heterocycles. The maximum Gasteiger partial charge on any atom is 0.342 e. The summed E-state index contributed by atoms with van der Waals surface area (Å²) in [6.07, 6.45) is 1.13. The van der Waals surface area contributed by atoms with Crippen molar-refractivity contribution in [2.75, 3.05) is 11.9 Å². The van der Waals surface area contributed by atoms with Crippen LogP contribution in [-0.4, -0.2) is 27.7 Å². The molecule has 2 aromatic rings. The van der Waals surface area contributed by atoms with Gasteiger partial charge in [-0.1, -0.05) is 29.8 Å². The number of aromatic carboxylic acids is 1. The normalized spacial score (nSPS) is 16.9. The summed E-state index contributed by atoms with van der Waals surface area (Å²) in [5.74, 6) is -0.750. The second-order valence-electron chi connectivity index (χ2n) is 5.23. The Hall–Kier alpha value is -2.63. The number of anilines is 1. The SMILES string of the molecule is Cc1ccc(C2Cn3c(ncc(C(=O)O)c3=O)N2C)cc1. The molecule has 0 saturated heterocycles. The third-order valence-corrected chi connectivity index (χ3v) is 3.86. The molecule has 0 radical (unpaired) electrons. The Balaban J connectivity index is 2.04. The van der Waals surface area contributed by atoms with E-state index in [1.165, 1.54) is 10.1 Å². The Morgan fingerprint density at radius 3 is 2.62 bits per heavy atom. The fourth-order valence-corrected chi connectivity index (χ4v) is 2.63. The Morgan fingerprint density at radius 2 is 2.00 bits per heavy atom. The number of nitrogens with zero attached hydrogens (tertiary/aromatic N) is 3. The highest BCUT2D eigenvalue weighted by atomic mass is 16.4. The Kier molecular flexibility index (Phi) is 3.01. The van der Waals surface area contributed by atoms with Crippen LogP contribution in [0.3, 0.4) is 0 Å². The molecule has 1 aromatic carbocycles. The minimum absolute atomic E-state index is 0.0187. The van der Waals surface area contributed by atoms with E-state index in [0.29, 0.717) is 12.5 Å². The van der Waals surface area contributed by atoms with Gasteiger partial charge >= 0.3 is 5.97 Å². The lowest BCUT2D eigenvalue weighted by atomic mass is 10.1. The molecule has 0 spiro atoms. The number of hydrogen-bond acceptors (Lipinski definition) is 4. The first-order valence-corrected chi connectivity index (χ1v) is 6.61. The van der Waals surface area contributed by atoms with Crippen LogP contribution in [0.25, 0.3) is 0 Å². The van der Waals surface area contributed by atoms with Crippen molar-refractivity contribution in [2.24, 2.45) is 0 Å². The van der Waals surface area contributed by atoms with Gasteiger partial charge in [-0.3, -0.25) is 9.36 Å². The molecule has 21 heavy (non-hydrogen) atoms. The topological polar surface area (TPSA) is 75.4 Å². The zero-order valence-corrected chi connectivity index (χ0v) is 11.8. The van der Waals surface area contributed by atoms with Gasteiger partial charge < -0.3 is 10.0 Å². The second kappa shape index (κ2) is 4.73. The van der Waals surface area contributed by atoms with Gasteiger partial charge in [0.1, 0.15) is 5.56 Å². The van der Waals surface area contributed by atoms with Crippen LogP contribution in [0, 0.1) is 6.92 Å². The van der Waals surface area contributed by atoms with Crippen molar-refractivity contribution in [3.63, 3.8) is 0 Å². The molecule has 0 amide bonds. The van der Waals surface area contributed by atoms with Gasteiger partial charge in [-0.15, -0.1) is 0 Å². The number of carbonyl (C=O) groups is 1. The molecule has 0 fully saturated rings. The van der Waals surface area contributed by atoms with E-state index >= 15 is 0 Å². The number of carboxylic acids is 1. The fourth-order valence-electron chi connectivity index (χ4n) is 2.63. The van der Waals surface area contributed by atoms with Crippen LogP contribution in [0.1, 0.15) is 27.5 Å². The molecule has 0 saturated carbocycles. The van der Waals surface area contributed by atoms with Crippen molar-refractivity contribution >= 4 is 11.9 Å². The molecule has 1 aromatic heterocycles. The molecule has 1 aliphatic rings. The van der Waals surface area contributed by atoms with Gasteiger partial charge in [0.15, 0.2) is 0 Å². The molecule has 2 heterocycles. The predicted molar refractivity (Wildman–Crippen MR) is 77.8 cm³/mol. The van der Waals surface area contributed by atoms with Crippen molar-refractivity contribution in [3.05, 3.63) is 57.5 Å². The average Bonchev–Trinajstić information content (AvgIpc) is 2.78. The summed E-state index contributed by atoms with van der Waals surface area (Å²) in [4.78, 5) is 29.2. The minimum Gasteiger partial charge on any atom is -0.477 e. The van der Waals surface area contributed by atoms with Crippen molar-refractivity contribution in [2.45, 2.75) is 19.5 Å². The highest BCUT2D eigenvalue weighted by Crippen LogP contribution is 2.31. The monoisotopic (exact) mass is 285 g/mol. The van der Waals surface area contributed by atoms with E-state index in [0.717, 1.165) is 11.8 Å². The summed E-state index contributed by atoms with van der Waals surface area (Å²) < 4.78 is 1.42. The molecule has 1 N–H and O–H groups in total. The lowest BCUT2D eigenvalue weighted by Gasteiger charge is -2.20. The van der Waals surface area contributed by atoms with Crippen LogP contribution >= 0.6 is 0 Å². The molecule has 0 aliphatic carbocycles. The maximum absolute atomic E-state index is 12.2. The Labute approximate surface area is 121 Å². The van der Waals surface area contributed by atoms with Crippen molar-refractivity contribution in [3.8, 4) is 0 Å². The summed E-state index contributed by atoms with van der Waals surface area (Å²) in [7, 11) is 1.86. The van der Waals surface area contributed by atoms with Crippen LogP contribution in [0.2, 0.25) is 0 Å². The van der Waals surface area contributed by atoms with Gasteiger partial charge in [-0.05, 0) is 12.5 Å². The highest BCUT2D eigenvalue weighted by Gasteiger charge is 2.31. The summed E-state index contributed by atoms with van der Waals surface area (Å²) in [6, 6.07) is 8.06. The molecule has 1 unspecified atom stereocenters. The van der Waals surface area contributed by atoms with Crippen LogP contribution in [0.5, 0.6) is 0 Å². The molecular weight excluding hydrogens is 270 g/mol. The third kappa shape index (κ3) is 2.08. The van der Waals surface area contributed by atoms with Crippen molar-refractivity contribution in [1.29, 1.82) is 0 Å². The van der Waals surface area contributed by atoms with E-state index in [9.17, 15) is 9.59 Å². The number of carboxylic acid groups (broad SMARTS) is 1. The average molecular weight is 285 g/mol. The van der Waals surface area contributed by atoms with Gasteiger partial charge in [0, 0.05) is 7.05 Å². The van der Waals surface area contributed by atoms with Crippen LogP contribution in [-0.2, 0) is 6.54 Å². The van der Waals surface area contributed by atoms with E-state index < -0.39 is 11.5 Å². The number of likely N-dealkylation sites (N-methyl/N-ethyl adjacent to an activating group) is 1. The smallest absolute Gasteiger partial charge is 0.342 e. The highest BCUT2D eigenvalue weighted by molar-refractivity contribution is 5.86. The van der Waals surface area contributed by atoms with Crippen molar-refractivity contribution in [1.82, 2.24) is 9.55 Å². The summed E-state index contributed by atoms with van der Waals surface area (Å²) in [5.41, 5.74) is 1.44. The predicted octanol–water partition coefficient (Wildman–Crippen LogP) is 1.44. The number of fused-ring (bicyclic) bond motifs is 1. The molecular formula is C15H15N3O3. The van der Waals surface area contributed by atoms with Gasteiger partial charge in [0.05, 0.1) is 18.8 Å². The van der Waals surface area contributed by atoms with Gasteiger partial charge in [-0.25, -0.2) is 9.78 Å². The molecule has 1 atom stereocenters. The number of benzene rings is 1. The van der Waals surface area contributed by atoms with Gasteiger partial charge in [-0.2, -0.15) is 0 Å². The first kappa shape index (κ1) is 13.4. The molecule has 3 rings (SSSR count). The molecule has 108 valence electrons. The number of rotatable bonds is 2. The largest absolute Gasteiger partial charge is 0.477 e. The summed E-state index contributed by atoms with van der Waals surface area (Å²) >= 11 is 0. The zero-order chi connectivity index (χ0) is 15.1. The number of aromatic nitrogens is 2. The number of aryl methyl sites for hydroxylation is 1. The lowest BCUT2D eigenvalue weighted by Crippen LogP contribution is -2.26. The van der Waals surface area contributed by atoms with E-state index in [1.807, 2.05) is 43.1 Å². The number of hydrogen-bond donors (Lipinski definition) is 1. The fraction of sp³-hybridized carbons (Fsp3) is 0.267. The molecule has 6 nitrogen and oxygen atoms in total. The van der Waals surface area contributed by atoms with Crippen LogP contribution < -0.4 is 10.5 Å². The van der Waals surface area contributed by atoms with Crippen LogP contribution in [0.15, 0.2) is 35.3 Å². The van der Waals surface area contributed by atoms with E-state index in [-0.39, 0.29) is 11.6 Å². The van der Waals surface area contributed by atoms with E-state index in [1.54, 1.807) is 0 Å². The molecule has 0 bridgehead atoms. The lowest BCUT2D eigenvalue weighted by molar-refractivity contribution is 0.0694. The first-order chi connectivity index (χ1) is 9.99. The van der Waals surface area contributed by atoms with Crippen LogP contribution in [0.4, 0.5) is 5.95 Å². The van der Waals surface area contributed by atoms with E-state index in [4.69, 9.17) is 5.11 Å². The quantitative estimate of drug-likeness (QED) is 0.903. The van der Waals surface area contributed by atoms with E-state index in [2.05, 4.69) is 4.98 Å². The maximum atomic E-state index is 12.2. The Morgan fingerprint density at radius 1 is 1.33 bits per heavy atom. The standard InChI is InChI=1S/C15H15N3O3/c1-9-3-5-10(6-4-9)12-8-18-13(19)11(14(20)21)7-16-15(18)17(12)2/h3-7,12H,8H2,1-2H3,(H,20,21). The second-order valence-corrected chi connectivity index (χ2v) is 5.23. The zero-order valence-electron chi connectivity index (χ0n) is 11.8. The first-order valence-electron chi connectivity index (χ1n) is 6.61. The Bertz CT molecular complexity index is 765. The summed E-state index contributed by atoms with van der Waals surface area (Å²) in [5, 5.41) is 9.01. The minimum atomic E-state index is -1.25.